The lowest BCUT2D eigenvalue weighted by Gasteiger charge is -2.13. The second kappa shape index (κ2) is 7.53. The van der Waals surface area contributed by atoms with Gasteiger partial charge in [-0.2, -0.15) is 5.26 Å². The minimum atomic E-state index is -0.400. The van der Waals surface area contributed by atoms with Crippen LogP contribution in [0.1, 0.15) is 24.1 Å². The van der Waals surface area contributed by atoms with E-state index >= 15 is 0 Å². The van der Waals surface area contributed by atoms with Gasteiger partial charge in [0, 0.05) is 16.9 Å². The molecule has 1 aromatic heterocycles. The number of aromatic nitrogens is 1. The van der Waals surface area contributed by atoms with Gasteiger partial charge in [0.2, 0.25) is 0 Å². The monoisotopic (exact) mass is 355 g/mol. The van der Waals surface area contributed by atoms with E-state index < -0.39 is 5.91 Å². The number of hydrogen-bond donors (Lipinski definition) is 1. The summed E-state index contributed by atoms with van der Waals surface area (Å²) in [7, 11) is 0. The van der Waals surface area contributed by atoms with Gasteiger partial charge in [0.25, 0.3) is 5.91 Å². The highest BCUT2D eigenvalue weighted by atomic mass is 79.9. The van der Waals surface area contributed by atoms with Crippen LogP contribution in [0.4, 0.5) is 0 Å². The molecule has 1 N–H and O–H groups in total. The van der Waals surface area contributed by atoms with Crippen molar-refractivity contribution in [2.24, 2.45) is 0 Å². The Morgan fingerprint density at radius 1 is 1.36 bits per heavy atom. The van der Waals surface area contributed by atoms with Crippen LogP contribution in [0, 0.1) is 11.3 Å². The van der Waals surface area contributed by atoms with Crippen molar-refractivity contribution in [2.45, 2.75) is 13.0 Å². The Bertz CT molecular complexity index is 735. The minimum Gasteiger partial charge on any atom is -0.345 e. The number of benzene rings is 1. The fraction of sp³-hybridized carbons (Fsp3) is 0.118. The maximum absolute atomic E-state index is 12.2. The smallest absolute Gasteiger partial charge is 0.262 e. The van der Waals surface area contributed by atoms with Crippen molar-refractivity contribution in [1.29, 1.82) is 5.26 Å². The third kappa shape index (κ3) is 4.03. The zero-order valence-corrected chi connectivity index (χ0v) is 13.5. The second-order valence-electron chi connectivity index (χ2n) is 4.67. The number of pyridine rings is 1. The summed E-state index contributed by atoms with van der Waals surface area (Å²) in [6.07, 6.45) is 4.76. The summed E-state index contributed by atoms with van der Waals surface area (Å²) in [5.41, 5.74) is 1.77. The molecule has 0 aliphatic carbocycles. The quantitative estimate of drug-likeness (QED) is 0.672. The first-order valence-corrected chi connectivity index (χ1v) is 7.48. The van der Waals surface area contributed by atoms with Crippen LogP contribution >= 0.6 is 15.9 Å². The zero-order chi connectivity index (χ0) is 15.9. The Kier molecular flexibility index (Phi) is 5.45. The van der Waals surface area contributed by atoms with Crippen molar-refractivity contribution in [3.05, 3.63) is 70.0 Å². The fourth-order valence-corrected chi connectivity index (χ4v) is 2.27. The van der Waals surface area contributed by atoms with Gasteiger partial charge in [-0.15, -0.1) is 0 Å². The van der Waals surface area contributed by atoms with Crippen molar-refractivity contribution in [3.8, 4) is 6.07 Å². The van der Waals surface area contributed by atoms with Crippen LogP contribution in [0.2, 0.25) is 0 Å². The van der Waals surface area contributed by atoms with Gasteiger partial charge in [-0.25, -0.2) is 0 Å². The van der Waals surface area contributed by atoms with Crippen LogP contribution in [-0.2, 0) is 4.79 Å². The molecule has 2 rings (SSSR count). The molecule has 0 aliphatic heterocycles. The van der Waals surface area contributed by atoms with E-state index in [1.54, 1.807) is 24.5 Å². The van der Waals surface area contributed by atoms with Gasteiger partial charge in [-0.1, -0.05) is 30.3 Å². The fourth-order valence-electron chi connectivity index (χ4n) is 1.91. The van der Waals surface area contributed by atoms with Gasteiger partial charge in [0.05, 0.1) is 6.04 Å². The Labute approximate surface area is 137 Å². The molecule has 110 valence electrons. The normalized spacial score (nSPS) is 12.3. The van der Waals surface area contributed by atoms with Crippen molar-refractivity contribution in [3.63, 3.8) is 0 Å². The largest absolute Gasteiger partial charge is 0.345 e. The first-order valence-electron chi connectivity index (χ1n) is 6.69. The summed E-state index contributed by atoms with van der Waals surface area (Å²) in [4.78, 5) is 16.2. The third-order valence-corrected chi connectivity index (χ3v) is 3.78. The van der Waals surface area contributed by atoms with E-state index in [1.165, 1.54) is 0 Å². The number of halogens is 1. The summed E-state index contributed by atoms with van der Waals surface area (Å²) in [6, 6.07) is 13.1. The molecule has 22 heavy (non-hydrogen) atoms. The Morgan fingerprint density at radius 3 is 2.73 bits per heavy atom. The van der Waals surface area contributed by atoms with Gasteiger partial charge in [-0.05, 0) is 46.1 Å². The number of hydrogen-bond acceptors (Lipinski definition) is 3. The van der Waals surface area contributed by atoms with E-state index in [9.17, 15) is 10.1 Å². The molecule has 1 aromatic carbocycles. The molecule has 1 amide bonds. The first-order chi connectivity index (χ1) is 10.6. The van der Waals surface area contributed by atoms with Gasteiger partial charge >= 0.3 is 0 Å². The molecule has 0 saturated carbocycles. The predicted molar refractivity (Wildman–Crippen MR) is 88.5 cm³/mol. The van der Waals surface area contributed by atoms with E-state index in [0.29, 0.717) is 0 Å². The molecular formula is C17H14BrN3O. The van der Waals surface area contributed by atoms with Crippen LogP contribution < -0.4 is 5.32 Å². The van der Waals surface area contributed by atoms with E-state index in [-0.39, 0.29) is 11.6 Å². The van der Waals surface area contributed by atoms with E-state index in [2.05, 4.69) is 26.2 Å². The summed E-state index contributed by atoms with van der Waals surface area (Å²) < 4.78 is 0.728. The molecule has 0 fully saturated rings. The number of rotatable bonds is 4. The molecule has 1 heterocycles. The number of nitriles is 1. The Morgan fingerprint density at radius 2 is 2.09 bits per heavy atom. The number of nitrogens with one attached hydrogen (secondary N) is 1. The van der Waals surface area contributed by atoms with Crippen LogP contribution in [0.25, 0.3) is 6.08 Å². The molecule has 0 unspecified atom stereocenters. The topological polar surface area (TPSA) is 65.8 Å². The SMILES string of the molecule is C[C@H](NC(=O)C(C#N)=Cc1ccncc1Br)c1ccccc1. The number of amides is 1. The highest BCUT2D eigenvalue weighted by Gasteiger charge is 2.14. The zero-order valence-electron chi connectivity index (χ0n) is 12.0. The van der Waals surface area contributed by atoms with Crippen LogP contribution in [-0.4, -0.2) is 10.9 Å². The number of nitrogens with zero attached hydrogens (tertiary/aromatic N) is 2. The molecule has 0 saturated heterocycles. The van der Waals surface area contributed by atoms with Gasteiger partial charge in [-0.3, -0.25) is 9.78 Å². The Balaban J connectivity index is 2.17. The Hall–Kier alpha value is -2.45. The molecule has 4 nitrogen and oxygen atoms in total. The standard InChI is InChI=1S/C17H14BrN3O/c1-12(13-5-3-2-4-6-13)21-17(22)15(10-19)9-14-7-8-20-11-16(14)18/h2-9,11-12H,1H3,(H,21,22)/t12-/m0/s1. The lowest BCUT2D eigenvalue weighted by atomic mass is 10.1. The lowest BCUT2D eigenvalue weighted by molar-refractivity contribution is -0.117. The van der Waals surface area contributed by atoms with Crippen molar-refractivity contribution < 1.29 is 4.79 Å². The summed E-state index contributed by atoms with van der Waals surface area (Å²) in [5, 5.41) is 12.0. The van der Waals surface area contributed by atoms with Crippen molar-refractivity contribution >= 4 is 27.9 Å². The highest BCUT2D eigenvalue weighted by molar-refractivity contribution is 9.10. The summed E-state index contributed by atoms with van der Waals surface area (Å²) in [5.74, 6) is -0.400. The summed E-state index contributed by atoms with van der Waals surface area (Å²) >= 11 is 3.34. The number of carbonyl (C=O) groups is 1. The van der Waals surface area contributed by atoms with Gasteiger partial charge in [0.1, 0.15) is 11.6 Å². The molecule has 5 heteroatoms. The molecule has 0 bridgehead atoms. The van der Waals surface area contributed by atoms with Crippen molar-refractivity contribution in [2.75, 3.05) is 0 Å². The molecule has 0 spiro atoms. The third-order valence-electron chi connectivity index (χ3n) is 3.12. The minimum absolute atomic E-state index is 0.0506. The van der Waals surface area contributed by atoms with E-state index in [4.69, 9.17) is 0 Å². The average molecular weight is 356 g/mol. The predicted octanol–water partition coefficient (Wildman–Crippen LogP) is 3.63. The van der Waals surface area contributed by atoms with Gasteiger partial charge in [0.15, 0.2) is 0 Å². The van der Waals surface area contributed by atoms with Crippen LogP contribution in [0.15, 0.2) is 58.8 Å². The van der Waals surface area contributed by atoms with Crippen LogP contribution in [0.5, 0.6) is 0 Å². The molecular weight excluding hydrogens is 342 g/mol. The average Bonchev–Trinajstić information content (AvgIpc) is 2.54. The van der Waals surface area contributed by atoms with Gasteiger partial charge < -0.3 is 5.32 Å². The lowest BCUT2D eigenvalue weighted by Crippen LogP contribution is -2.27. The maximum Gasteiger partial charge on any atom is 0.262 e. The maximum atomic E-state index is 12.2. The molecule has 0 radical (unpaired) electrons. The van der Waals surface area contributed by atoms with Crippen molar-refractivity contribution in [1.82, 2.24) is 10.3 Å². The molecule has 2 aromatic rings. The highest BCUT2D eigenvalue weighted by Crippen LogP contribution is 2.18. The summed E-state index contributed by atoms with van der Waals surface area (Å²) in [6.45, 7) is 1.88. The first kappa shape index (κ1) is 15.9. The van der Waals surface area contributed by atoms with E-state index in [0.717, 1.165) is 15.6 Å². The van der Waals surface area contributed by atoms with Crippen LogP contribution in [0.3, 0.4) is 0 Å². The van der Waals surface area contributed by atoms with E-state index in [1.807, 2.05) is 43.3 Å². The molecule has 0 aliphatic rings. The second-order valence-corrected chi connectivity index (χ2v) is 5.53. The molecule has 1 atom stereocenters. The number of carbonyl (C=O) groups excluding carboxylic acids is 1.